The van der Waals surface area contributed by atoms with Crippen LogP contribution in [0.3, 0.4) is 0 Å². The summed E-state index contributed by atoms with van der Waals surface area (Å²) in [6.07, 6.45) is 2.20. The van der Waals surface area contributed by atoms with Crippen LogP contribution in [-0.4, -0.2) is 248 Å². The third kappa shape index (κ3) is 26.2. The number of benzene rings is 6. The number of para-hydroxylation sites is 2. The number of aromatic nitrogens is 3. The average molecular weight is 1960 g/mol. The Hall–Kier alpha value is -15.1. The molecule has 42 heteroatoms. The average Bonchev–Trinajstić information content (AvgIpc) is 1.75. The summed E-state index contributed by atoms with van der Waals surface area (Å²) in [5.41, 5.74) is 5.10. The van der Waals surface area contributed by atoms with Crippen molar-refractivity contribution in [2.45, 2.75) is 218 Å². The molecule has 12 amide bonds. The maximum absolute atomic E-state index is 13.8. The SMILES string of the molecule is C.C.C.COc1cccc2oc(C(=O)[C@H](CC(=O)O)NC(=O)[C@@H]3CCCN4C(=O)CC[C@H](NC(=O)CCc5ccccc5)C(=O)N34)nc12.Cc1cccc2nc(C(=O)[C@H](CC(=O)O)NC(=O)[C@@H]3CCCN4C(=O)CC[C@H](NC(=O)CCc5ccccc5)C(=O)N34)oc12.O=C(O)C[C@H](NC(=O)[C@@H]1CCCN2C(=O)CC[C@H](NC(=O)CCc3ccccc3)C(=O)N12)C(=O)c1ncc(-c2c(Cl)cccc2Cl)o1. The van der Waals surface area contributed by atoms with Crippen molar-refractivity contribution < 1.29 is 120 Å². The molecular weight excluding hydrogens is 1850 g/mol. The number of halogens is 2. The number of hydrogen-bond donors (Lipinski definition) is 9. The zero-order valence-electron chi connectivity index (χ0n) is 73.7. The molecule has 6 fully saturated rings. The number of oxazole rings is 3. The molecule has 6 aromatic carbocycles. The van der Waals surface area contributed by atoms with Crippen molar-refractivity contribution >= 4 is 152 Å². The van der Waals surface area contributed by atoms with Gasteiger partial charge in [-0.2, -0.15) is 0 Å². The number of carbonyl (C=O) groups excluding carboxylic acids is 15. The summed E-state index contributed by atoms with van der Waals surface area (Å²) in [5.74, 6) is -14.4. The molecule has 6 saturated heterocycles. The van der Waals surface area contributed by atoms with Crippen molar-refractivity contribution in [2.75, 3.05) is 26.7 Å². The first-order chi connectivity index (χ1) is 65.3. The number of carboxylic acid groups (broad SMARTS) is 3. The maximum atomic E-state index is 13.8. The van der Waals surface area contributed by atoms with E-state index < -0.39 is 162 Å². The van der Waals surface area contributed by atoms with Crippen LogP contribution < -0.4 is 36.6 Å². The van der Waals surface area contributed by atoms with Gasteiger partial charge in [-0.3, -0.25) is 101 Å². The molecule has 6 aliphatic heterocycles. The van der Waals surface area contributed by atoms with Gasteiger partial charge < -0.3 is 65.2 Å². The highest BCUT2D eigenvalue weighted by Crippen LogP contribution is 2.37. The number of amides is 12. The van der Waals surface area contributed by atoms with Gasteiger partial charge in [-0.15, -0.1) is 0 Å². The summed E-state index contributed by atoms with van der Waals surface area (Å²) in [4.78, 5) is 247. The Morgan fingerprint density at radius 3 is 1.17 bits per heavy atom. The topological polar surface area (TPSA) is 547 Å². The fraction of sp³-hybridized carbons (Fsp3) is 0.392. The van der Waals surface area contributed by atoms with Crippen molar-refractivity contribution in [1.29, 1.82) is 0 Å². The molecule has 40 nitrogen and oxygen atoms in total. The van der Waals surface area contributed by atoms with Crippen LogP contribution in [-0.2, 0) is 91.2 Å². The van der Waals surface area contributed by atoms with E-state index in [2.05, 4.69) is 46.9 Å². The predicted molar refractivity (Wildman–Crippen MR) is 500 cm³/mol. The minimum absolute atomic E-state index is 0. The van der Waals surface area contributed by atoms with Gasteiger partial charge in [0.15, 0.2) is 22.4 Å². The second kappa shape index (κ2) is 48.6. The van der Waals surface area contributed by atoms with Gasteiger partial charge in [-0.05, 0) is 137 Å². The van der Waals surface area contributed by atoms with Crippen molar-refractivity contribution in [2.24, 2.45) is 0 Å². The molecule has 736 valence electrons. The van der Waals surface area contributed by atoms with Gasteiger partial charge in [0.25, 0.3) is 35.4 Å². The van der Waals surface area contributed by atoms with Gasteiger partial charge >= 0.3 is 17.9 Å². The molecule has 9 aromatic rings. The number of nitrogens with zero attached hydrogens (tertiary/aromatic N) is 9. The number of rotatable bonds is 32. The minimum Gasteiger partial charge on any atom is -0.494 e. The molecule has 6 aliphatic rings. The molecular formula is C97H109Cl2N15O25. The number of Topliss-reactive ketones (excluding diaryl/α,β-unsaturated/α-hetero) is 3. The van der Waals surface area contributed by atoms with Crippen LogP contribution in [0, 0.1) is 6.92 Å². The Morgan fingerprint density at radius 1 is 0.439 bits per heavy atom. The van der Waals surface area contributed by atoms with Crippen LogP contribution >= 0.6 is 23.2 Å². The van der Waals surface area contributed by atoms with E-state index in [1.807, 2.05) is 91.0 Å². The molecule has 9 atom stereocenters. The van der Waals surface area contributed by atoms with Gasteiger partial charge in [0.2, 0.25) is 70.5 Å². The molecule has 139 heavy (non-hydrogen) atoms. The second-order valence-corrected chi connectivity index (χ2v) is 33.8. The maximum Gasteiger partial charge on any atom is 0.305 e. The number of aryl methyl sites for hydroxylation is 4. The number of carboxylic acids is 3. The first-order valence-electron chi connectivity index (χ1n) is 44.1. The highest BCUT2D eigenvalue weighted by molar-refractivity contribution is 6.39. The van der Waals surface area contributed by atoms with Gasteiger partial charge in [-0.25, -0.2) is 30.0 Å². The van der Waals surface area contributed by atoms with E-state index in [0.717, 1.165) is 37.3 Å². The number of ether oxygens (including phenoxy) is 1. The van der Waals surface area contributed by atoms with E-state index in [0.29, 0.717) is 55.4 Å². The van der Waals surface area contributed by atoms with Crippen LogP contribution in [0.2, 0.25) is 10.0 Å². The Balaban J connectivity index is 0.000000213. The summed E-state index contributed by atoms with van der Waals surface area (Å²) >= 11 is 12.5. The second-order valence-electron chi connectivity index (χ2n) is 33.0. The number of fused-ring (bicyclic) bond motifs is 5. The van der Waals surface area contributed by atoms with Gasteiger partial charge in [0.05, 0.1) is 48.2 Å². The fourth-order valence-corrected chi connectivity index (χ4v) is 17.3. The highest BCUT2D eigenvalue weighted by Gasteiger charge is 2.50. The van der Waals surface area contributed by atoms with E-state index in [4.69, 9.17) is 41.2 Å². The number of aliphatic carboxylic acids is 3. The molecule has 3 aromatic heterocycles. The molecule has 0 spiro atoms. The van der Waals surface area contributed by atoms with E-state index in [1.54, 1.807) is 61.5 Å². The zero-order chi connectivity index (χ0) is 97.1. The summed E-state index contributed by atoms with van der Waals surface area (Å²) in [7, 11) is 1.42. The third-order valence-electron chi connectivity index (χ3n) is 23.5. The molecule has 0 aliphatic carbocycles. The molecule has 0 radical (unpaired) electrons. The van der Waals surface area contributed by atoms with Crippen molar-refractivity contribution in [1.82, 2.24) is 76.9 Å². The first-order valence-corrected chi connectivity index (χ1v) is 44.9. The number of ketones is 3. The van der Waals surface area contributed by atoms with E-state index >= 15 is 0 Å². The Bertz CT molecular complexity index is 6050. The standard InChI is InChI=1S/C32H31Cl2N5O8.C31H33N5O9.C31H33N5O8.3CH4/c33-19-8-4-9-20(34)28(19)24-17-35-31(47-24)29(44)22(16-27(42)43)37-30(45)23-10-5-15-38-26(41)14-12-21(32(46)39(23)38)36-25(40)13-11-18-6-2-1-3-7-18;1-44-22-10-5-11-23-27(22)34-30(45-23)28(41)20(17-26(39)40)33-29(42)21-9-6-16-35-25(38)15-13-19(31(43)36(21)35)32-24(37)14-12-18-7-3-2-4-8-18;1-18-7-5-10-20-28(18)44-30(34-20)27(41)22(17-26(39)40)33-29(42)23-11-6-16-35-25(38)15-13-21(31(43)36(23)35)32-24(37)14-12-19-8-3-2-4-9-19;;;/h1-4,6-9,17,21-23H,5,10-16H2,(H,36,40)(H,37,45)(H,42,43);2-5,7-8,10-11,19-21H,6,9,12-17H2,1H3,(H,32,37)(H,33,42)(H,39,40);2-5,7-10,21-23H,6,11-17H2,1H3,(H,32,37)(H,33,42)(H,39,40);3*1H4/t21-,22-,23-;19-,20-,21-;21-,22-,23-;;;/m000.../s1. The van der Waals surface area contributed by atoms with Crippen molar-refractivity contribution in [3.8, 4) is 17.1 Å². The van der Waals surface area contributed by atoms with E-state index in [9.17, 15) is 102 Å². The van der Waals surface area contributed by atoms with E-state index in [-0.39, 0.29) is 187 Å². The van der Waals surface area contributed by atoms with Crippen molar-refractivity contribution in [3.63, 3.8) is 0 Å². The monoisotopic (exact) mass is 1950 g/mol. The molecule has 0 bridgehead atoms. The normalized spacial score (nSPS) is 18.5. The Labute approximate surface area is 807 Å². The molecule has 9 N–H and O–H groups in total. The van der Waals surface area contributed by atoms with Crippen molar-refractivity contribution in [3.05, 3.63) is 202 Å². The largest absolute Gasteiger partial charge is 0.494 e. The number of hydrogen-bond acceptors (Lipinski definition) is 25. The predicted octanol–water partition coefficient (Wildman–Crippen LogP) is 8.89. The Morgan fingerprint density at radius 2 is 0.799 bits per heavy atom. The van der Waals surface area contributed by atoms with Gasteiger partial charge in [0, 0.05) is 58.2 Å². The number of methoxy groups -OCH3 is 1. The van der Waals surface area contributed by atoms with Gasteiger partial charge in [-0.1, -0.05) is 161 Å². The quantitative estimate of drug-likeness (QED) is 0.0178. The lowest BCUT2D eigenvalue weighted by molar-refractivity contribution is -0.176. The Kier molecular flexibility index (Phi) is 37.0. The molecule has 9 heterocycles. The fourth-order valence-electron chi connectivity index (χ4n) is 16.8. The summed E-state index contributed by atoms with van der Waals surface area (Å²) < 4.78 is 22.0. The number of nitrogens with one attached hydrogen (secondary N) is 6. The summed E-state index contributed by atoms with van der Waals surface area (Å²) in [6, 6.07) is 31.2. The summed E-state index contributed by atoms with van der Waals surface area (Å²) in [6.45, 7) is 2.32. The van der Waals surface area contributed by atoms with Crippen LogP contribution in [0.25, 0.3) is 33.5 Å². The lowest BCUT2D eigenvalue weighted by atomic mass is 10.0. The lowest BCUT2D eigenvalue weighted by Crippen LogP contribution is -2.64. The third-order valence-corrected chi connectivity index (χ3v) is 24.2. The lowest BCUT2D eigenvalue weighted by Gasteiger charge is -2.43. The summed E-state index contributed by atoms with van der Waals surface area (Å²) in [5, 5.41) is 51.3. The number of hydrazine groups is 3. The van der Waals surface area contributed by atoms with Crippen LogP contribution in [0.5, 0.6) is 5.75 Å². The highest BCUT2D eigenvalue weighted by atomic mass is 35.5. The molecule has 0 saturated carbocycles. The molecule has 15 rings (SSSR count). The number of carbonyl (C=O) groups is 18. The minimum atomic E-state index is -1.63. The molecule has 0 unspecified atom stereocenters. The van der Waals surface area contributed by atoms with E-state index in [1.165, 1.54) is 28.3 Å². The van der Waals surface area contributed by atoms with Gasteiger partial charge in [0.1, 0.15) is 65.6 Å². The van der Waals surface area contributed by atoms with Crippen LogP contribution in [0.15, 0.2) is 165 Å². The van der Waals surface area contributed by atoms with Crippen LogP contribution in [0.4, 0.5) is 0 Å². The zero-order valence-corrected chi connectivity index (χ0v) is 75.2. The van der Waals surface area contributed by atoms with Crippen LogP contribution in [0.1, 0.15) is 192 Å². The smallest absolute Gasteiger partial charge is 0.305 e. The first kappa shape index (κ1) is 106.